The second kappa shape index (κ2) is 7.36. The van der Waals surface area contributed by atoms with Crippen molar-refractivity contribution < 1.29 is 13.2 Å². The van der Waals surface area contributed by atoms with Crippen LogP contribution >= 0.6 is 15.9 Å². The van der Waals surface area contributed by atoms with E-state index in [2.05, 4.69) is 26.1 Å². The Balaban J connectivity index is 1.69. The van der Waals surface area contributed by atoms with E-state index in [-0.39, 0.29) is 23.9 Å². The van der Waals surface area contributed by atoms with Gasteiger partial charge in [-0.25, -0.2) is 8.42 Å². The molecule has 0 saturated carbocycles. The minimum absolute atomic E-state index is 0.0664. The molecule has 1 saturated heterocycles. The normalized spacial score (nSPS) is 17.3. The first-order chi connectivity index (χ1) is 12.6. The highest BCUT2D eigenvalue weighted by molar-refractivity contribution is 9.10. The Morgan fingerprint density at radius 3 is 2.22 bits per heavy atom. The summed E-state index contributed by atoms with van der Waals surface area (Å²) in [6.07, 6.45) is 3.04. The van der Waals surface area contributed by atoms with Crippen molar-refractivity contribution in [2.75, 3.05) is 26.2 Å². The molecule has 1 atom stereocenters. The number of nitrogens with zero attached hydrogens (tertiary/aromatic N) is 6. The minimum atomic E-state index is -3.61. The third-order valence-electron chi connectivity index (χ3n) is 5.07. The van der Waals surface area contributed by atoms with E-state index in [0.29, 0.717) is 18.8 Å². The molecule has 1 aliphatic rings. The Labute approximate surface area is 167 Å². The summed E-state index contributed by atoms with van der Waals surface area (Å²) in [5, 5.41) is 8.26. The van der Waals surface area contributed by atoms with Crippen molar-refractivity contribution in [3.8, 4) is 0 Å². The molecule has 1 aliphatic heterocycles. The van der Waals surface area contributed by atoms with Gasteiger partial charge in [0.25, 0.3) is 0 Å². The molecule has 3 rings (SSSR count). The lowest BCUT2D eigenvalue weighted by molar-refractivity contribution is -0.135. The number of hydrogen-bond donors (Lipinski definition) is 0. The van der Waals surface area contributed by atoms with Crippen LogP contribution in [0.5, 0.6) is 0 Å². The monoisotopic (exact) mass is 458 g/mol. The molecule has 0 radical (unpaired) electrons. The predicted molar refractivity (Wildman–Crippen MR) is 103 cm³/mol. The number of aryl methyl sites for hydroxylation is 1. The van der Waals surface area contributed by atoms with Crippen LogP contribution in [0.3, 0.4) is 0 Å². The summed E-state index contributed by atoms with van der Waals surface area (Å²) in [7, 11) is -1.90. The third kappa shape index (κ3) is 3.55. The first-order valence-electron chi connectivity index (χ1n) is 8.61. The molecule has 9 nitrogen and oxygen atoms in total. The SMILES string of the molecule is Cc1c(S(=O)(=O)N2CCN(C(=O)C(C)n3ncc(Br)c3C)CC2)cnn1C. The summed E-state index contributed by atoms with van der Waals surface area (Å²) in [6, 6.07) is -0.444. The number of carbonyl (C=O) groups excluding carboxylic acids is 1. The van der Waals surface area contributed by atoms with E-state index in [1.54, 1.807) is 41.4 Å². The minimum Gasteiger partial charge on any atom is -0.338 e. The molecule has 2 aromatic heterocycles. The lowest BCUT2D eigenvalue weighted by atomic mass is 10.2. The molecule has 11 heteroatoms. The Morgan fingerprint density at radius 2 is 1.74 bits per heavy atom. The molecule has 27 heavy (non-hydrogen) atoms. The number of amides is 1. The largest absolute Gasteiger partial charge is 0.338 e. The van der Waals surface area contributed by atoms with Gasteiger partial charge in [-0.2, -0.15) is 14.5 Å². The zero-order valence-corrected chi connectivity index (χ0v) is 18.2. The van der Waals surface area contributed by atoms with E-state index < -0.39 is 16.1 Å². The summed E-state index contributed by atoms with van der Waals surface area (Å²) in [5.74, 6) is -0.0664. The van der Waals surface area contributed by atoms with Gasteiger partial charge in [-0.15, -0.1) is 0 Å². The van der Waals surface area contributed by atoms with Crippen molar-refractivity contribution in [2.45, 2.75) is 31.7 Å². The van der Waals surface area contributed by atoms with E-state index in [0.717, 1.165) is 10.2 Å². The Bertz CT molecular complexity index is 959. The van der Waals surface area contributed by atoms with Crippen molar-refractivity contribution in [2.24, 2.45) is 7.05 Å². The summed E-state index contributed by atoms with van der Waals surface area (Å²) in [5.41, 5.74) is 1.48. The quantitative estimate of drug-likeness (QED) is 0.683. The third-order valence-corrected chi connectivity index (χ3v) is 7.85. The first kappa shape index (κ1) is 20.0. The number of halogens is 1. The maximum atomic E-state index is 12.9. The average Bonchev–Trinajstić information content (AvgIpc) is 3.16. The second-order valence-corrected chi connectivity index (χ2v) is 9.41. The molecule has 0 aliphatic carbocycles. The topological polar surface area (TPSA) is 93.3 Å². The number of hydrogen-bond acceptors (Lipinski definition) is 5. The van der Waals surface area contributed by atoms with Crippen molar-refractivity contribution >= 4 is 31.9 Å². The van der Waals surface area contributed by atoms with Gasteiger partial charge in [0.05, 0.1) is 28.3 Å². The fourth-order valence-electron chi connectivity index (χ4n) is 3.18. The lowest BCUT2D eigenvalue weighted by Crippen LogP contribution is -2.51. The molecule has 1 amide bonds. The lowest BCUT2D eigenvalue weighted by Gasteiger charge is -2.35. The van der Waals surface area contributed by atoms with Gasteiger partial charge < -0.3 is 4.90 Å². The number of piperazine rings is 1. The summed E-state index contributed by atoms with van der Waals surface area (Å²) in [6.45, 7) is 6.64. The van der Waals surface area contributed by atoms with Gasteiger partial charge >= 0.3 is 0 Å². The first-order valence-corrected chi connectivity index (χ1v) is 10.8. The molecule has 1 unspecified atom stereocenters. The van der Waals surface area contributed by atoms with Crippen LogP contribution in [-0.2, 0) is 21.9 Å². The van der Waals surface area contributed by atoms with Crippen molar-refractivity contribution in [1.29, 1.82) is 0 Å². The molecular formula is C16H23BrN6O3S. The van der Waals surface area contributed by atoms with E-state index in [9.17, 15) is 13.2 Å². The highest BCUT2D eigenvalue weighted by Gasteiger charge is 2.34. The van der Waals surface area contributed by atoms with Gasteiger partial charge in [0.2, 0.25) is 15.9 Å². The van der Waals surface area contributed by atoms with Gasteiger partial charge in [0.15, 0.2) is 0 Å². The van der Waals surface area contributed by atoms with Gasteiger partial charge in [-0.3, -0.25) is 14.2 Å². The van der Waals surface area contributed by atoms with Crippen LogP contribution in [0.2, 0.25) is 0 Å². The van der Waals surface area contributed by atoms with Gasteiger partial charge in [-0.05, 0) is 36.7 Å². The molecule has 0 spiro atoms. The average molecular weight is 459 g/mol. The Morgan fingerprint density at radius 1 is 1.11 bits per heavy atom. The number of rotatable bonds is 4. The number of sulfonamides is 1. The Hall–Kier alpha value is -1.72. The van der Waals surface area contributed by atoms with Gasteiger partial charge in [0, 0.05) is 33.2 Å². The molecule has 1 fully saturated rings. The summed E-state index contributed by atoms with van der Waals surface area (Å²) >= 11 is 3.40. The zero-order chi connectivity index (χ0) is 19.9. The smallest absolute Gasteiger partial charge is 0.247 e. The summed E-state index contributed by atoms with van der Waals surface area (Å²) in [4.78, 5) is 14.7. The van der Waals surface area contributed by atoms with Crippen LogP contribution in [0, 0.1) is 13.8 Å². The van der Waals surface area contributed by atoms with Crippen LogP contribution in [0.4, 0.5) is 0 Å². The molecule has 0 bridgehead atoms. The van der Waals surface area contributed by atoms with E-state index in [1.807, 2.05) is 6.92 Å². The fourth-order valence-corrected chi connectivity index (χ4v) is 5.06. The van der Waals surface area contributed by atoms with Gasteiger partial charge in [0.1, 0.15) is 10.9 Å². The maximum absolute atomic E-state index is 12.9. The van der Waals surface area contributed by atoms with Crippen LogP contribution < -0.4 is 0 Å². The molecule has 0 aromatic carbocycles. The van der Waals surface area contributed by atoms with Crippen LogP contribution in [0.15, 0.2) is 21.8 Å². The van der Waals surface area contributed by atoms with Gasteiger partial charge in [-0.1, -0.05) is 0 Å². The van der Waals surface area contributed by atoms with Crippen LogP contribution in [0.1, 0.15) is 24.4 Å². The second-order valence-electron chi connectivity index (χ2n) is 6.65. The standard InChI is InChI=1S/C16H23BrN6O3S/c1-11-14(17)9-19-23(11)13(3)16(24)21-5-7-22(8-6-21)27(25,26)15-10-18-20(4)12(15)2/h9-10,13H,5-8H2,1-4H3. The van der Waals surface area contributed by atoms with Crippen molar-refractivity contribution in [3.05, 3.63) is 28.3 Å². The zero-order valence-electron chi connectivity index (χ0n) is 15.8. The molecule has 148 valence electrons. The van der Waals surface area contributed by atoms with Crippen molar-refractivity contribution in [3.63, 3.8) is 0 Å². The fraction of sp³-hybridized carbons (Fsp3) is 0.562. The Kier molecular flexibility index (Phi) is 5.46. The summed E-state index contributed by atoms with van der Waals surface area (Å²) < 4.78 is 31.2. The number of aromatic nitrogens is 4. The number of carbonyl (C=O) groups is 1. The van der Waals surface area contributed by atoms with Crippen molar-refractivity contribution in [1.82, 2.24) is 28.8 Å². The van der Waals surface area contributed by atoms with E-state index in [4.69, 9.17) is 0 Å². The van der Waals surface area contributed by atoms with Crippen LogP contribution in [-0.4, -0.2) is 69.3 Å². The van der Waals surface area contributed by atoms with Crippen LogP contribution in [0.25, 0.3) is 0 Å². The molecule has 2 aromatic rings. The van der Waals surface area contributed by atoms with E-state index in [1.165, 1.54) is 10.5 Å². The van der Waals surface area contributed by atoms with E-state index >= 15 is 0 Å². The highest BCUT2D eigenvalue weighted by Crippen LogP contribution is 2.23. The predicted octanol–water partition coefficient (Wildman–Crippen LogP) is 1.09. The highest BCUT2D eigenvalue weighted by atomic mass is 79.9. The molecule has 3 heterocycles. The maximum Gasteiger partial charge on any atom is 0.247 e. The molecular weight excluding hydrogens is 436 g/mol. The molecule has 0 N–H and O–H groups in total.